The summed E-state index contributed by atoms with van der Waals surface area (Å²) >= 11 is 0. The Balaban J connectivity index is 2.17. The molecule has 60 valence electrons. The van der Waals surface area contributed by atoms with E-state index in [4.69, 9.17) is 5.11 Å². The van der Waals surface area contributed by atoms with Crippen LogP contribution in [0, 0.1) is 5.92 Å². The van der Waals surface area contributed by atoms with Crippen LogP contribution in [0.15, 0.2) is 0 Å². The van der Waals surface area contributed by atoms with E-state index < -0.39 is 5.97 Å². The molecule has 3 atom stereocenters. The maximum Gasteiger partial charge on any atom is 0.320 e. The highest BCUT2D eigenvalue weighted by molar-refractivity contribution is 6.07. The van der Waals surface area contributed by atoms with Crippen LogP contribution in [-0.4, -0.2) is 36.0 Å². The van der Waals surface area contributed by atoms with Gasteiger partial charge in [-0.05, 0) is 31.2 Å². The summed E-state index contributed by atoms with van der Waals surface area (Å²) in [6.07, 6.45) is 3.42. The Morgan fingerprint density at radius 1 is 1.55 bits per heavy atom. The van der Waals surface area contributed by atoms with E-state index in [0.717, 1.165) is 12.8 Å². The smallest absolute Gasteiger partial charge is 0.320 e. The predicted molar refractivity (Wildman–Crippen MR) is 42.9 cm³/mol. The molecular formula is C7H12BNO2. The van der Waals surface area contributed by atoms with Gasteiger partial charge in [0.25, 0.3) is 0 Å². The largest absolute Gasteiger partial charge is 0.480 e. The lowest BCUT2D eigenvalue weighted by Gasteiger charge is -2.28. The molecule has 2 fully saturated rings. The van der Waals surface area contributed by atoms with Gasteiger partial charge in [-0.3, -0.25) is 4.79 Å². The van der Waals surface area contributed by atoms with Crippen molar-refractivity contribution in [2.75, 3.05) is 0 Å². The van der Waals surface area contributed by atoms with Gasteiger partial charge in [0.2, 0.25) is 0 Å². The van der Waals surface area contributed by atoms with E-state index in [0.29, 0.717) is 12.0 Å². The number of rotatable bonds is 1. The lowest BCUT2D eigenvalue weighted by molar-refractivity contribution is -0.142. The Hall–Kier alpha value is -0.505. The van der Waals surface area contributed by atoms with Crippen molar-refractivity contribution in [3.05, 3.63) is 0 Å². The van der Waals surface area contributed by atoms with Crippen molar-refractivity contribution in [3.8, 4) is 0 Å². The molecule has 11 heavy (non-hydrogen) atoms. The minimum absolute atomic E-state index is 0.186. The zero-order chi connectivity index (χ0) is 8.01. The van der Waals surface area contributed by atoms with Crippen LogP contribution in [0.25, 0.3) is 0 Å². The fraction of sp³-hybridized carbons (Fsp3) is 0.857. The molecule has 0 radical (unpaired) electrons. The van der Waals surface area contributed by atoms with E-state index >= 15 is 0 Å². The van der Waals surface area contributed by atoms with Crippen LogP contribution in [0.1, 0.15) is 19.3 Å². The summed E-state index contributed by atoms with van der Waals surface area (Å²) in [5, 5.41) is 8.86. The van der Waals surface area contributed by atoms with Crippen molar-refractivity contribution in [1.82, 2.24) is 4.81 Å². The molecule has 0 spiro atoms. The van der Waals surface area contributed by atoms with Crippen LogP contribution in [0.5, 0.6) is 0 Å². The molecule has 4 heteroatoms. The number of carboxylic acid groups (broad SMARTS) is 1. The molecule has 0 amide bonds. The molecule has 2 aliphatic rings. The highest BCUT2D eigenvalue weighted by atomic mass is 16.4. The Kier molecular flexibility index (Phi) is 1.46. The van der Waals surface area contributed by atoms with Gasteiger partial charge < -0.3 is 9.92 Å². The normalized spacial score (nSPS) is 43.1. The standard InChI is InChI=1S/C7H12BNO2/c8-9-5-2-1-4(3-5)6(9)7(10)11/h4-6H,1-3,8H2,(H,10,11). The number of fused-ring (bicyclic) bond motifs is 2. The lowest BCUT2D eigenvalue weighted by Crippen LogP contribution is -2.43. The third-order valence-corrected chi connectivity index (χ3v) is 3.16. The summed E-state index contributed by atoms with van der Waals surface area (Å²) in [5.41, 5.74) is 0. The van der Waals surface area contributed by atoms with Gasteiger partial charge in [-0.15, -0.1) is 0 Å². The monoisotopic (exact) mass is 153 g/mol. The number of carbonyl (C=O) groups is 1. The van der Waals surface area contributed by atoms with Crippen LogP contribution in [0.4, 0.5) is 0 Å². The third-order valence-electron chi connectivity index (χ3n) is 3.16. The first-order valence-electron chi connectivity index (χ1n) is 4.15. The number of carboxylic acids is 1. The molecule has 1 heterocycles. The maximum absolute atomic E-state index is 10.8. The summed E-state index contributed by atoms with van der Waals surface area (Å²) < 4.78 is 0. The van der Waals surface area contributed by atoms with Crippen molar-refractivity contribution in [1.29, 1.82) is 0 Å². The molecule has 3 unspecified atom stereocenters. The Morgan fingerprint density at radius 2 is 2.27 bits per heavy atom. The average Bonchev–Trinajstić information content (AvgIpc) is 2.44. The number of hydrogen-bond acceptors (Lipinski definition) is 2. The zero-order valence-electron chi connectivity index (χ0n) is 6.66. The maximum atomic E-state index is 10.8. The van der Waals surface area contributed by atoms with Gasteiger partial charge in [0.15, 0.2) is 7.98 Å². The van der Waals surface area contributed by atoms with Crippen molar-refractivity contribution in [2.24, 2.45) is 5.92 Å². The van der Waals surface area contributed by atoms with Crippen molar-refractivity contribution in [3.63, 3.8) is 0 Å². The van der Waals surface area contributed by atoms with E-state index in [9.17, 15) is 4.79 Å². The van der Waals surface area contributed by atoms with E-state index in [2.05, 4.69) is 0 Å². The molecule has 1 aliphatic heterocycles. The average molecular weight is 153 g/mol. The van der Waals surface area contributed by atoms with Crippen LogP contribution in [-0.2, 0) is 4.79 Å². The molecule has 1 saturated carbocycles. The van der Waals surface area contributed by atoms with Crippen molar-refractivity contribution >= 4 is 14.0 Å². The van der Waals surface area contributed by atoms with E-state index in [1.807, 2.05) is 12.8 Å². The van der Waals surface area contributed by atoms with Gasteiger partial charge in [0, 0.05) is 0 Å². The summed E-state index contributed by atoms with van der Waals surface area (Å²) in [4.78, 5) is 12.8. The second kappa shape index (κ2) is 2.24. The van der Waals surface area contributed by atoms with Gasteiger partial charge in [0.1, 0.15) is 6.04 Å². The molecule has 0 aromatic heterocycles. The second-order valence-electron chi connectivity index (χ2n) is 3.68. The molecule has 2 rings (SSSR count). The molecule has 2 bridgehead atoms. The number of aliphatic carboxylic acids is 1. The Bertz CT molecular complexity index is 195. The fourth-order valence-corrected chi connectivity index (χ4v) is 2.58. The van der Waals surface area contributed by atoms with Gasteiger partial charge in [0.05, 0.1) is 0 Å². The highest BCUT2D eigenvalue weighted by Gasteiger charge is 2.46. The van der Waals surface area contributed by atoms with Gasteiger partial charge in [-0.1, -0.05) is 0 Å². The molecule has 0 aromatic rings. The Morgan fingerprint density at radius 3 is 2.64 bits per heavy atom. The summed E-state index contributed by atoms with van der Waals surface area (Å²) in [6, 6.07) is 0.370. The first-order chi connectivity index (χ1) is 5.20. The number of hydrogen-bond donors (Lipinski definition) is 1. The van der Waals surface area contributed by atoms with Crippen LogP contribution >= 0.6 is 0 Å². The fourth-order valence-electron chi connectivity index (χ4n) is 2.58. The Labute approximate surface area is 66.8 Å². The van der Waals surface area contributed by atoms with E-state index in [1.165, 1.54) is 6.42 Å². The number of piperidine rings is 1. The number of nitrogens with zero attached hydrogens (tertiary/aromatic N) is 1. The van der Waals surface area contributed by atoms with Gasteiger partial charge in [-0.25, -0.2) is 0 Å². The van der Waals surface area contributed by atoms with Crippen molar-refractivity contribution < 1.29 is 9.90 Å². The van der Waals surface area contributed by atoms with E-state index in [-0.39, 0.29) is 6.04 Å². The van der Waals surface area contributed by atoms with E-state index in [1.54, 1.807) is 0 Å². The molecule has 3 nitrogen and oxygen atoms in total. The van der Waals surface area contributed by atoms with Gasteiger partial charge in [-0.2, -0.15) is 0 Å². The van der Waals surface area contributed by atoms with Crippen LogP contribution in [0.2, 0.25) is 0 Å². The first kappa shape index (κ1) is 7.16. The molecule has 1 N–H and O–H groups in total. The SMILES string of the molecule is BN1C2CCC(C2)C1C(=O)O. The quantitative estimate of drug-likeness (QED) is 0.515. The topological polar surface area (TPSA) is 40.5 Å². The molecule has 1 aliphatic carbocycles. The molecule has 1 saturated heterocycles. The predicted octanol–water partition coefficient (Wildman–Crippen LogP) is -0.528. The third kappa shape index (κ3) is 0.889. The van der Waals surface area contributed by atoms with Crippen molar-refractivity contribution in [2.45, 2.75) is 31.3 Å². The van der Waals surface area contributed by atoms with Gasteiger partial charge >= 0.3 is 5.97 Å². The second-order valence-corrected chi connectivity index (χ2v) is 3.68. The minimum Gasteiger partial charge on any atom is -0.480 e. The first-order valence-corrected chi connectivity index (χ1v) is 4.15. The molecular weight excluding hydrogens is 141 g/mol. The van der Waals surface area contributed by atoms with Crippen LogP contribution in [0.3, 0.4) is 0 Å². The molecule has 0 aromatic carbocycles. The lowest BCUT2D eigenvalue weighted by atomic mass is 9.97. The zero-order valence-corrected chi connectivity index (χ0v) is 6.66. The summed E-state index contributed by atoms with van der Waals surface area (Å²) in [5.74, 6) is -0.206. The summed E-state index contributed by atoms with van der Waals surface area (Å²) in [7, 11) is 1.93. The van der Waals surface area contributed by atoms with Crippen LogP contribution < -0.4 is 0 Å². The summed E-state index contributed by atoms with van der Waals surface area (Å²) in [6.45, 7) is 0. The highest BCUT2D eigenvalue weighted by Crippen LogP contribution is 2.40. The minimum atomic E-state index is -0.639.